The normalized spacial score (nSPS) is 15.4. The topological polar surface area (TPSA) is 144 Å². The van der Waals surface area contributed by atoms with Gasteiger partial charge in [0, 0.05) is 40.0 Å². The van der Waals surface area contributed by atoms with Crippen molar-refractivity contribution in [3.63, 3.8) is 0 Å². The lowest BCUT2D eigenvalue weighted by molar-refractivity contribution is -0.670. The number of carbonyl (C=O) groups excluding carboxylic acids is 1. The standard InChI is InChI=1S/C26H35N3O6.3H2/c1-28-19-10-8-15-13-22(33-2)24(34-3)25(35-4)23(15)16-9-11-20(21(30)14-17(16)19)29-12-6-5-7-18(27)26(31)32;;;/h9,11,13-14,18-19,28H,5-8,10,12,27H2,1-4H3,(H,29,30)(H,31,32);3*1H/p+1/t18-,19+;;;/m0.../s1. The number of quaternary nitrogens is 2. The van der Waals surface area contributed by atoms with E-state index in [0.29, 0.717) is 42.3 Å². The molecule has 0 amide bonds. The van der Waals surface area contributed by atoms with Gasteiger partial charge in [0.1, 0.15) is 6.04 Å². The van der Waals surface area contributed by atoms with Crippen molar-refractivity contribution in [2.24, 2.45) is 5.73 Å². The van der Waals surface area contributed by atoms with E-state index < -0.39 is 12.0 Å². The third kappa shape index (κ3) is 5.75. The molecule has 196 valence electrons. The molecule has 0 spiro atoms. The summed E-state index contributed by atoms with van der Waals surface area (Å²) in [5.41, 5.74) is 9.97. The fourth-order valence-corrected chi connectivity index (χ4v) is 4.75. The average Bonchev–Trinajstić information content (AvgIpc) is 3.10. The van der Waals surface area contributed by atoms with E-state index in [-0.39, 0.29) is 15.8 Å². The van der Waals surface area contributed by atoms with Gasteiger partial charge in [0.2, 0.25) is 11.2 Å². The third-order valence-corrected chi connectivity index (χ3v) is 6.66. The molecule has 2 aromatic rings. The van der Waals surface area contributed by atoms with Gasteiger partial charge in [0.15, 0.2) is 17.2 Å². The summed E-state index contributed by atoms with van der Waals surface area (Å²) >= 11 is 0. The molecule has 0 saturated heterocycles. The zero-order chi connectivity index (χ0) is 25.5. The number of ether oxygens (including phenoxy) is 3. The number of methoxy groups -OCH3 is 3. The van der Waals surface area contributed by atoms with E-state index in [0.717, 1.165) is 41.5 Å². The summed E-state index contributed by atoms with van der Waals surface area (Å²) in [5, 5.41) is 14.8. The number of hydrogen-bond acceptors (Lipinski definition) is 7. The second kappa shape index (κ2) is 12.0. The van der Waals surface area contributed by atoms with Crippen molar-refractivity contribution in [3.8, 4) is 28.4 Å². The Labute approximate surface area is 210 Å². The van der Waals surface area contributed by atoms with E-state index >= 15 is 0 Å². The number of aryl methyl sites for hydroxylation is 1. The smallest absolute Gasteiger partial charge is 0.239 e. The Morgan fingerprint density at radius 1 is 1.17 bits per heavy atom. The van der Waals surface area contributed by atoms with Crippen LogP contribution in [0.5, 0.6) is 17.2 Å². The Hall–Kier alpha value is -3.14. The fourth-order valence-electron chi connectivity index (χ4n) is 4.75. The monoisotopic (exact) mass is 492 g/mol. The van der Waals surface area contributed by atoms with Gasteiger partial charge in [-0.1, -0.05) is 0 Å². The molecule has 9 nitrogen and oxygen atoms in total. The predicted molar refractivity (Wildman–Crippen MR) is 136 cm³/mol. The predicted octanol–water partition coefficient (Wildman–Crippen LogP) is 0.101. The molecule has 0 unspecified atom stereocenters. The van der Waals surface area contributed by atoms with Crippen LogP contribution in [0.1, 0.15) is 47.1 Å². The number of carboxylic acids is 1. The van der Waals surface area contributed by atoms with Gasteiger partial charge in [-0.25, -0.2) is 0 Å². The van der Waals surface area contributed by atoms with Crippen LogP contribution in [0, 0.1) is 0 Å². The molecule has 1 aliphatic rings. The van der Waals surface area contributed by atoms with Crippen LogP contribution in [0.2, 0.25) is 0 Å². The first-order valence-corrected chi connectivity index (χ1v) is 12.0. The number of hydrogen-bond donors (Lipinski definition) is 3. The van der Waals surface area contributed by atoms with Crippen molar-refractivity contribution in [2.75, 3.05) is 34.9 Å². The molecular formula is C26H42N3O6+. The second-order valence-corrected chi connectivity index (χ2v) is 8.74. The highest BCUT2D eigenvalue weighted by Gasteiger charge is 2.30. The fraction of sp³-hybridized carbons (Fsp3) is 0.462. The lowest BCUT2D eigenvalue weighted by atomic mass is 9.95. The zero-order valence-electron chi connectivity index (χ0n) is 20.9. The molecule has 9 heteroatoms. The molecule has 35 heavy (non-hydrogen) atoms. The number of nitrogens with two attached hydrogens (primary N) is 3. The Bertz CT molecular complexity index is 1140. The maximum absolute atomic E-state index is 13.2. The van der Waals surface area contributed by atoms with Crippen LogP contribution < -0.4 is 41.1 Å². The summed E-state index contributed by atoms with van der Waals surface area (Å²) in [5.74, 6) is 0.489. The van der Waals surface area contributed by atoms with Crippen molar-refractivity contribution in [1.29, 1.82) is 0 Å². The van der Waals surface area contributed by atoms with Crippen LogP contribution in [-0.2, 0) is 11.2 Å². The first-order valence-electron chi connectivity index (χ1n) is 12.0. The number of rotatable bonds is 11. The highest BCUT2D eigenvalue weighted by Crippen LogP contribution is 2.49. The number of unbranched alkanes of at least 4 members (excludes halogenated alkanes) is 1. The van der Waals surface area contributed by atoms with Gasteiger partial charge in [-0.05, 0) is 48.9 Å². The van der Waals surface area contributed by atoms with Crippen LogP contribution in [0.25, 0.3) is 11.1 Å². The van der Waals surface area contributed by atoms with Gasteiger partial charge in [-0.15, -0.1) is 0 Å². The summed E-state index contributed by atoms with van der Waals surface area (Å²) in [6.45, 7) is 0.651. The van der Waals surface area contributed by atoms with Crippen molar-refractivity contribution < 1.29 is 39.0 Å². The van der Waals surface area contributed by atoms with E-state index in [4.69, 9.17) is 19.9 Å². The van der Waals surface area contributed by atoms with Gasteiger partial charge in [-0.3, -0.25) is 4.79 Å². The van der Waals surface area contributed by atoms with Gasteiger partial charge in [0.05, 0.1) is 40.9 Å². The molecule has 0 heterocycles. The maximum atomic E-state index is 13.2. The molecule has 0 saturated carbocycles. The number of carbonyl (C=O) groups is 1. The maximum Gasteiger partial charge on any atom is 0.239 e. The quantitative estimate of drug-likeness (QED) is 0.377. The number of carboxylic acid groups (broad SMARTS) is 1. The van der Waals surface area contributed by atoms with E-state index in [1.807, 2.05) is 30.6 Å². The minimum atomic E-state index is -1.24. The number of fused-ring (bicyclic) bond motifs is 3. The van der Waals surface area contributed by atoms with Gasteiger partial charge >= 0.3 is 0 Å². The third-order valence-electron chi connectivity index (χ3n) is 6.66. The van der Waals surface area contributed by atoms with Gasteiger partial charge < -0.3 is 40.5 Å². The largest absolute Gasteiger partial charge is 0.548 e. The highest BCUT2D eigenvalue weighted by atomic mass is 16.5. The zero-order valence-corrected chi connectivity index (χ0v) is 20.9. The lowest BCUT2D eigenvalue weighted by Gasteiger charge is -2.19. The van der Waals surface area contributed by atoms with Gasteiger partial charge in [-0.2, -0.15) is 0 Å². The minimum Gasteiger partial charge on any atom is -0.548 e. The molecule has 0 bridgehead atoms. The van der Waals surface area contributed by atoms with Crippen molar-refractivity contribution in [1.82, 2.24) is 0 Å². The molecule has 3 rings (SSSR count). The summed E-state index contributed by atoms with van der Waals surface area (Å²) in [7, 11) is 6.82. The Morgan fingerprint density at radius 3 is 2.54 bits per heavy atom. The molecule has 6 N–H and O–H groups in total. The molecule has 0 aliphatic heterocycles. The van der Waals surface area contributed by atoms with Gasteiger partial charge in [0.25, 0.3) is 0 Å². The summed E-state index contributed by atoms with van der Waals surface area (Å²) in [6, 6.07) is 6.73. The molecule has 2 aromatic carbocycles. The Kier molecular flexibility index (Phi) is 9.08. The van der Waals surface area contributed by atoms with Crippen molar-refractivity contribution in [2.45, 2.75) is 44.2 Å². The van der Waals surface area contributed by atoms with Crippen LogP contribution in [-0.4, -0.2) is 46.9 Å². The molecule has 0 fully saturated rings. The lowest BCUT2D eigenvalue weighted by Crippen LogP contribution is -2.81. The van der Waals surface area contributed by atoms with E-state index in [1.165, 1.54) is 0 Å². The minimum absolute atomic E-state index is 0. The Balaban J connectivity index is 0.00000456. The molecular weight excluding hydrogens is 450 g/mol. The summed E-state index contributed by atoms with van der Waals surface area (Å²) < 4.78 is 17.0. The molecule has 0 radical (unpaired) electrons. The van der Waals surface area contributed by atoms with Crippen molar-refractivity contribution in [3.05, 3.63) is 45.6 Å². The first-order chi connectivity index (χ1) is 16.9. The second-order valence-electron chi connectivity index (χ2n) is 8.74. The SMILES string of the molecule is C[NH2+][C@@H]1CCc2cc(OC)c(OC)c(OC)c2-c2ccc([NH2+]CCCC[C@H](N)C(=O)[O-])c(=O)cc21.[HH].[HH].[HH]. The van der Waals surface area contributed by atoms with Crippen LogP contribution in [0.4, 0.5) is 5.69 Å². The van der Waals surface area contributed by atoms with E-state index in [1.54, 1.807) is 27.4 Å². The Morgan fingerprint density at radius 2 is 1.91 bits per heavy atom. The van der Waals surface area contributed by atoms with Crippen LogP contribution >= 0.6 is 0 Å². The molecule has 0 aromatic heterocycles. The highest BCUT2D eigenvalue weighted by molar-refractivity contribution is 5.82. The number of benzene rings is 1. The molecule has 2 atom stereocenters. The molecule has 1 aliphatic carbocycles. The van der Waals surface area contributed by atoms with Crippen LogP contribution in [0.15, 0.2) is 29.1 Å². The van der Waals surface area contributed by atoms with Crippen LogP contribution in [0.3, 0.4) is 0 Å². The average molecular weight is 493 g/mol. The first kappa shape index (κ1) is 26.5. The number of aliphatic carboxylic acids is 1. The van der Waals surface area contributed by atoms with Crippen molar-refractivity contribution >= 4 is 11.7 Å². The summed E-state index contributed by atoms with van der Waals surface area (Å²) in [6.07, 6.45) is 3.40. The summed E-state index contributed by atoms with van der Waals surface area (Å²) in [4.78, 5) is 24.0. The van der Waals surface area contributed by atoms with E-state index in [9.17, 15) is 14.7 Å². The van der Waals surface area contributed by atoms with E-state index in [2.05, 4.69) is 5.32 Å².